The van der Waals surface area contributed by atoms with E-state index in [0.717, 1.165) is 16.7 Å². The molecule has 0 aliphatic heterocycles. The first-order valence-electron chi connectivity index (χ1n) is 6.34. The van der Waals surface area contributed by atoms with E-state index in [4.69, 9.17) is 11.6 Å². The number of hydrogen-bond donors (Lipinski definition) is 0. The molecule has 5 heteroatoms. The number of hydrogen-bond acceptors (Lipinski definition) is 1. The van der Waals surface area contributed by atoms with Crippen LogP contribution in [0.3, 0.4) is 0 Å². The summed E-state index contributed by atoms with van der Waals surface area (Å²) in [6.45, 7) is 0.997. The second-order valence-corrected chi connectivity index (χ2v) is 6.06. The maximum Gasteiger partial charge on any atom is 0.387 e. The van der Waals surface area contributed by atoms with Gasteiger partial charge in [0.15, 0.2) is 0 Å². The highest BCUT2D eigenvalue weighted by Gasteiger charge is 2.19. The van der Waals surface area contributed by atoms with Crippen LogP contribution in [-0.4, -0.2) is 6.61 Å². The van der Waals surface area contributed by atoms with Gasteiger partial charge in [-0.25, -0.2) is 0 Å². The lowest BCUT2D eigenvalue weighted by molar-refractivity contribution is -0.0503. The molecule has 0 fully saturated rings. The summed E-state index contributed by atoms with van der Waals surface area (Å²) in [6, 6.07) is 10.6. The molecule has 0 saturated carbocycles. The van der Waals surface area contributed by atoms with Crippen molar-refractivity contribution < 1.29 is 13.5 Å². The van der Waals surface area contributed by atoms with Crippen LogP contribution >= 0.6 is 27.5 Å². The quantitative estimate of drug-likeness (QED) is 0.592. The number of rotatable bonds is 4. The van der Waals surface area contributed by atoms with Gasteiger partial charge in [-0.05, 0) is 42.7 Å². The Balaban J connectivity index is 2.45. The second kappa shape index (κ2) is 6.75. The Hall–Kier alpha value is -1.13. The van der Waals surface area contributed by atoms with Crippen molar-refractivity contribution in [2.45, 2.75) is 25.3 Å². The van der Waals surface area contributed by atoms with E-state index in [0.29, 0.717) is 10.6 Å². The summed E-state index contributed by atoms with van der Waals surface area (Å²) in [5.41, 5.74) is 3.55. The van der Waals surface area contributed by atoms with E-state index in [2.05, 4.69) is 20.7 Å². The van der Waals surface area contributed by atoms with E-state index >= 15 is 0 Å². The maximum atomic E-state index is 12.5. The van der Waals surface area contributed by atoms with Crippen molar-refractivity contribution in [1.82, 2.24) is 0 Å². The van der Waals surface area contributed by atoms with Gasteiger partial charge in [0.05, 0.1) is 4.83 Å². The number of benzene rings is 2. The van der Waals surface area contributed by atoms with Crippen molar-refractivity contribution in [2.24, 2.45) is 0 Å². The first-order valence-corrected chi connectivity index (χ1v) is 7.64. The smallest absolute Gasteiger partial charge is 0.387 e. The van der Waals surface area contributed by atoms with Crippen molar-refractivity contribution in [3.63, 3.8) is 0 Å². The summed E-state index contributed by atoms with van der Waals surface area (Å²) < 4.78 is 29.6. The molecule has 0 aliphatic rings. The first kappa shape index (κ1) is 16.2. The highest BCUT2D eigenvalue weighted by atomic mass is 79.9. The Bertz CT molecular complexity index is 646. The van der Waals surface area contributed by atoms with Gasteiger partial charge in [0.1, 0.15) is 5.75 Å². The normalized spacial score (nSPS) is 12.5. The number of alkyl halides is 3. The zero-order chi connectivity index (χ0) is 15.6. The topological polar surface area (TPSA) is 9.23 Å². The van der Waals surface area contributed by atoms with E-state index in [1.165, 1.54) is 6.07 Å². The van der Waals surface area contributed by atoms with Crippen LogP contribution in [0.2, 0.25) is 5.02 Å². The van der Waals surface area contributed by atoms with Gasteiger partial charge in [-0.1, -0.05) is 51.8 Å². The fourth-order valence-electron chi connectivity index (χ4n) is 2.14. The van der Waals surface area contributed by atoms with E-state index in [-0.39, 0.29) is 10.6 Å². The molecule has 0 aromatic heterocycles. The standard InChI is InChI=1S/C16H14BrClF2O/c1-9-8-13(18)10(2)7-12(9)15(17)11-5-3-4-6-14(11)21-16(19)20/h3-8,15-16H,1-2H3. The number of aryl methyl sites for hydroxylation is 2. The zero-order valence-electron chi connectivity index (χ0n) is 11.5. The molecule has 112 valence electrons. The van der Waals surface area contributed by atoms with Crippen molar-refractivity contribution in [3.8, 4) is 5.75 Å². The molecular formula is C16H14BrClF2O. The van der Waals surface area contributed by atoms with Gasteiger partial charge >= 0.3 is 6.61 Å². The Morgan fingerprint density at radius 3 is 2.38 bits per heavy atom. The molecule has 2 aromatic carbocycles. The molecule has 0 spiro atoms. The Morgan fingerprint density at radius 1 is 1.05 bits per heavy atom. The number of halogens is 4. The summed E-state index contributed by atoms with van der Waals surface area (Å²) >= 11 is 9.67. The number of para-hydroxylation sites is 1. The largest absolute Gasteiger partial charge is 0.434 e. The molecule has 0 aliphatic carbocycles. The van der Waals surface area contributed by atoms with Gasteiger partial charge in [0.2, 0.25) is 0 Å². The number of ether oxygens (including phenoxy) is 1. The highest BCUT2D eigenvalue weighted by molar-refractivity contribution is 9.09. The average molecular weight is 376 g/mol. The summed E-state index contributed by atoms with van der Waals surface area (Å²) in [5.74, 6) is 0.168. The minimum Gasteiger partial charge on any atom is -0.434 e. The zero-order valence-corrected chi connectivity index (χ0v) is 13.9. The molecule has 21 heavy (non-hydrogen) atoms. The van der Waals surface area contributed by atoms with Crippen LogP contribution in [0.5, 0.6) is 5.75 Å². The second-order valence-electron chi connectivity index (χ2n) is 4.74. The fraction of sp³-hybridized carbons (Fsp3) is 0.250. The average Bonchev–Trinajstić information content (AvgIpc) is 2.42. The third-order valence-corrected chi connectivity index (χ3v) is 4.62. The van der Waals surface area contributed by atoms with Crippen LogP contribution in [0.25, 0.3) is 0 Å². The van der Waals surface area contributed by atoms with Gasteiger partial charge in [0, 0.05) is 10.6 Å². The van der Waals surface area contributed by atoms with Gasteiger partial charge in [0.25, 0.3) is 0 Å². The predicted molar refractivity (Wildman–Crippen MR) is 84.8 cm³/mol. The summed E-state index contributed by atoms with van der Waals surface area (Å²) in [7, 11) is 0. The molecule has 0 radical (unpaired) electrons. The van der Waals surface area contributed by atoms with Crippen LogP contribution < -0.4 is 4.74 Å². The lowest BCUT2D eigenvalue weighted by Gasteiger charge is -2.18. The third-order valence-electron chi connectivity index (χ3n) is 3.23. The highest BCUT2D eigenvalue weighted by Crippen LogP contribution is 2.39. The predicted octanol–water partition coefficient (Wildman–Crippen LogP) is 6.04. The lowest BCUT2D eigenvalue weighted by Crippen LogP contribution is -2.06. The lowest BCUT2D eigenvalue weighted by atomic mass is 9.98. The molecular weight excluding hydrogens is 362 g/mol. The summed E-state index contributed by atoms with van der Waals surface area (Å²) in [5, 5.41) is 0.688. The molecule has 0 bridgehead atoms. The molecule has 0 N–H and O–H groups in total. The van der Waals surface area contributed by atoms with Gasteiger partial charge in [-0.2, -0.15) is 8.78 Å². The Labute approximate surface area is 136 Å². The van der Waals surface area contributed by atoms with Crippen molar-refractivity contribution in [2.75, 3.05) is 0 Å². The van der Waals surface area contributed by atoms with Crippen LogP contribution in [-0.2, 0) is 0 Å². The Morgan fingerprint density at radius 2 is 1.71 bits per heavy atom. The van der Waals surface area contributed by atoms with Gasteiger partial charge in [-0.3, -0.25) is 0 Å². The molecule has 2 rings (SSSR count). The summed E-state index contributed by atoms with van der Waals surface area (Å²) in [6.07, 6.45) is 0. The monoisotopic (exact) mass is 374 g/mol. The Kier molecular flexibility index (Phi) is 5.22. The molecule has 0 saturated heterocycles. The molecule has 1 unspecified atom stereocenters. The van der Waals surface area contributed by atoms with Crippen molar-refractivity contribution in [3.05, 3.63) is 63.7 Å². The van der Waals surface area contributed by atoms with Crippen LogP contribution in [0.15, 0.2) is 36.4 Å². The minimum atomic E-state index is -2.85. The molecule has 1 nitrogen and oxygen atoms in total. The molecule has 2 aromatic rings. The fourth-order valence-corrected chi connectivity index (χ4v) is 3.23. The molecule has 0 amide bonds. The van der Waals surface area contributed by atoms with Crippen molar-refractivity contribution >= 4 is 27.5 Å². The van der Waals surface area contributed by atoms with Gasteiger partial charge in [-0.15, -0.1) is 0 Å². The van der Waals surface area contributed by atoms with E-state index < -0.39 is 6.61 Å². The molecule has 0 heterocycles. The molecule has 1 atom stereocenters. The van der Waals surface area contributed by atoms with E-state index in [1.54, 1.807) is 18.2 Å². The minimum absolute atomic E-state index is 0.168. The van der Waals surface area contributed by atoms with E-state index in [1.807, 2.05) is 26.0 Å². The van der Waals surface area contributed by atoms with Crippen molar-refractivity contribution in [1.29, 1.82) is 0 Å². The van der Waals surface area contributed by atoms with Gasteiger partial charge < -0.3 is 4.74 Å². The maximum absolute atomic E-state index is 12.5. The van der Waals surface area contributed by atoms with Crippen LogP contribution in [0.4, 0.5) is 8.78 Å². The van der Waals surface area contributed by atoms with Crippen LogP contribution in [0.1, 0.15) is 27.1 Å². The first-order chi connectivity index (χ1) is 9.90. The SMILES string of the molecule is Cc1cc(C(Br)c2ccccc2OC(F)F)c(C)cc1Cl. The van der Waals surface area contributed by atoms with Crippen LogP contribution in [0, 0.1) is 13.8 Å². The summed E-state index contributed by atoms with van der Waals surface area (Å²) in [4.78, 5) is -0.247. The van der Waals surface area contributed by atoms with E-state index in [9.17, 15) is 8.78 Å². The third kappa shape index (κ3) is 3.74.